The van der Waals surface area contributed by atoms with Crippen LogP contribution in [0.1, 0.15) is 41.7 Å². The van der Waals surface area contributed by atoms with Gasteiger partial charge >= 0.3 is 6.18 Å². The average Bonchev–Trinajstić information content (AvgIpc) is 3.22. The summed E-state index contributed by atoms with van der Waals surface area (Å²) in [6, 6.07) is 5.78. The molecule has 0 bridgehead atoms. The van der Waals surface area contributed by atoms with Gasteiger partial charge in [0.1, 0.15) is 0 Å². The third-order valence-electron chi connectivity index (χ3n) is 4.38. The van der Waals surface area contributed by atoms with Crippen LogP contribution in [0.2, 0.25) is 5.02 Å². The molecule has 1 aromatic carbocycles. The van der Waals surface area contributed by atoms with E-state index < -0.39 is 23.3 Å². The highest BCUT2D eigenvalue weighted by Crippen LogP contribution is 2.34. The Labute approximate surface area is 148 Å². The van der Waals surface area contributed by atoms with Crippen molar-refractivity contribution in [1.82, 2.24) is 15.1 Å². The number of rotatable bonds is 4. The molecular formula is C17H17ClF3N3O. The van der Waals surface area contributed by atoms with E-state index >= 15 is 0 Å². The molecule has 1 heterocycles. The van der Waals surface area contributed by atoms with Gasteiger partial charge in [0.2, 0.25) is 0 Å². The van der Waals surface area contributed by atoms with Crippen molar-refractivity contribution in [2.75, 3.05) is 6.54 Å². The normalized spacial score (nSPS) is 15.5. The summed E-state index contributed by atoms with van der Waals surface area (Å²) >= 11 is 5.77. The molecular weight excluding hydrogens is 355 g/mol. The molecule has 0 aliphatic heterocycles. The first kappa shape index (κ1) is 17.8. The minimum atomic E-state index is -4.71. The first-order chi connectivity index (χ1) is 11.9. The predicted octanol–water partition coefficient (Wildman–Crippen LogP) is 4.46. The maximum Gasteiger partial charge on any atom is 0.434 e. The van der Waals surface area contributed by atoms with Crippen molar-refractivity contribution in [2.45, 2.75) is 31.9 Å². The third-order valence-corrected chi connectivity index (χ3v) is 4.63. The molecule has 1 N–H and O–H groups in total. The second kappa shape index (κ2) is 7.07. The zero-order chi connectivity index (χ0) is 18.0. The molecule has 0 unspecified atom stereocenters. The van der Waals surface area contributed by atoms with Gasteiger partial charge in [0.25, 0.3) is 5.91 Å². The molecule has 0 spiro atoms. The second-order valence-corrected chi connectivity index (χ2v) is 6.59. The van der Waals surface area contributed by atoms with Crippen molar-refractivity contribution in [2.24, 2.45) is 5.92 Å². The SMILES string of the molecule is O=C(NCC1CCCC1)c1cnn(-c2ccc(Cl)cc2)c1C(F)(F)F. The molecule has 1 amide bonds. The van der Waals surface area contributed by atoms with Crippen LogP contribution in [0.15, 0.2) is 30.5 Å². The molecule has 25 heavy (non-hydrogen) atoms. The van der Waals surface area contributed by atoms with E-state index in [4.69, 9.17) is 11.6 Å². The predicted molar refractivity (Wildman–Crippen MR) is 87.9 cm³/mol. The Hall–Kier alpha value is -2.02. The van der Waals surface area contributed by atoms with Crippen LogP contribution in [-0.4, -0.2) is 22.2 Å². The smallest absolute Gasteiger partial charge is 0.352 e. The maximum atomic E-state index is 13.5. The van der Waals surface area contributed by atoms with Gasteiger partial charge in [0.15, 0.2) is 5.69 Å². The third kappa shape index (κ3) is 3.98. The Morgan fingerprint density at radius 1 is 1.24 bits per heavy atom. The van der Waals surface area contributed by atoms with Crippen LogP contribution in [0.5, 0.6) is 0 Å². The van der Waals surface area contributed by atoms with Crippen molar-refractivity contribution in [3.63, 3.8) is 0 Å². The lowest BCUT2D eigenvalue weighted by Crippen LogP contribution is -2.30. The van der Waals surface area contributed by atoms with Crippen LogP contribution in [0.3, 0.4) is 0 Å². The summed E-state index contributed by atoms with van der Waals surface area (Å²) < 4.78 is 41.3. The van der Waals surface area contributed by atoms with E-state index in [0.29, 0.717) is 17.5 Å². The second-order valence-electron chi connectivity index (χ2n) is 6.15. The molecule has 1 fully saturated rings. The summed E-state index contributed by atoms with van der Waals surface area (Å²) in [5, 5.41) is 6.79. The van der Waals surface area contributed by atoms with Crippen LogP contribution >= 0.6 is 11.6 Å². The largest absolute Gasteiger partial charge is 0.434 e. The number of benzene rings is 1. The molecule has 8 heteroatoms. The molecule has 134 valence electrons. The van der Waals surface area contributed by atoms with Gasteiger partial charge in [-0.2, -0.15) is 18.3 Å². The number of hydrogen-bond acceptors (Lipinski definition) is 2. The molecule has 0 radical (unpaired) electrons. The van der Waals surface area contributed by atoms with E-state index in [1.807, 2.05) is 0 Å². The van der Waals surface area contributed by atoms with Crippen molar-refractivity contribution < 1.29 is 18.0 Å². The van der Waals surface area contributed by atoms with Crippen LogP contribution in [0.4, 0.5) is 13.2 Å². The molecule has 4 nitrogen and oxygen atoms in total. The standard InChI is InChI=1S/C17H17ClF3N3O/c18-12-5-7-13(8-6-12)24-15(17(19,20)21)14(10-23-24)16(25)22-9-11-3-1-2-4-11/h5-8,10-11H,1-4,9H2,(H,22,25). The first-order valence-electron chi connectivity index (χ1n) is 8.05. The summed E-state index contributed by atoms with van der Waals surface area (Å²) in [7, 11) is 0. The fourth-order valence-electron chi connectivity index (χ4n) is 3.11. The highest BCUT2D eigenvalue weighted by molar-refractivity contribution is 6.30. The van der Waals surface area contributed by atoms with Gasteiger partial charge < -0.3 is 5.32 Å². The zero-order valence-corrected chi connectivity index (χ0v) is 14.1. The number of halogens is 4. The summed E-state index contributed by atoms with van der Waals surface area (Å²) in [6.07, 6.45) is 0.441. The molecule has 3 rings (SSSR count). The van der Waals surface area contributed by atoms with Crippen LogP contribution in [-0.2, 0) is 6.18 Å². The van der Waals surface area contributed by atoms with E-state index in [2.05, 4.69) is 10.4 Å². The summed E-state index contributed by atoms with van der Waals surface area (Å²) in [4.78, 5) is 12.3. The van der Waals surface area contributed by atoms with Crippen molar-refractivity contribution >= 4 is 17.5 Å². The molecule has 0 atom stereocenters. The van der Waals surface area contributed by atoms with Gasteiger partial charge in [-0.05, 0) is 43.0 Å². The molecule has 1 aromatic heterocycles. The van der Waals surface area contributed by atoms with Crippen LogP contribution < -0.4 is 5.32 Å². The number of amides is 1. The van der Waals surface area contributed by atoms with Crippen molar-refractivity contribution in [1.29, 1.82) is 0 Å². The highest BCUT2D eigenvalue weighted by atomic mass is 35.5. The molecule has 0 saturated heterocycles. The number of aromatic nitrogens is 2. The van der Waals surface area contributed by atoms with Crippen LogP contribution in [0.25, 0.3) is 5.69 Å². The van der Waals surface area contributed by atoms with E-state index in [9.17, 15) is 18.0 Å². The Morgan fingerprint density at radius 3 is 2.48 bits per heavy atom. The van der Waals surface area contributed by atoms with Gasteiger partial charge in [-0.15, -0.1) is 0 Å². The maximum absolute atomic E-state index is 13.5. The quantitative estimate of drug-likeness (QED) is 0.862. The number of alkyl halides is 3. The minimum absolute atomic E-state index is 0.187. The van der Waals surface area contributed by atoms with E-state index in [1.165, 1.54) is 24.3 Å². The Bertz CT molecular complexity index is 749. The topological polar surface area (TPSA) is 46.9 Å². The van der Waals surface area contributed by atoms with Gasteiger partial charge in [0.05, 0.1) is 17.4 Å². The first-order valence-corrected chi connectivity index (χ1v) is 8.43. The number of hydrogen-bond donors (Lipinski definition) is 1. The van der Waals surface area contributed by atoms with Gasteiger partial charge in [-0.25, -0.2) is 4.68 Å². The lowest BCUT2D eigenvalue weighted by molar-refractivity contribution is -0.143. The number of nitrogens with zero attached hydrogens (tertiary/aromatic N) is 2. The van der Waals surface area contributed by atoms with Crippen molar-refractivity contribution in [3.05, 3.63) is 46.7 Å². The fourth-order valence-corrected chi connectivity index (χ4v) is 3.24. The number of carbonyl (C=O) groups excluding carboxylic acids is 1. The lowest BCUT2D eigenvalue weighted by Gasteiger charge is -2.14. The minimum Gasteiger partial charge on any atom is -0.352 e. The van der Waals surface area contributed by atoms with Crippen molar-refractivity contribution in [3.8, 4) is 5.69 Å². The number of carbonyl (C=O) groups is 1. The van der Waals surface area contributed by atoms with Gasteiger partial charge in [-0.3, -0.25) is 4.79 Å². The van der Waals surface area contributed by atoms with Crippen LogP contribution in [0, 0.1) is 5.92 Å². The lowest BCUT2D eigenvalue weighted by atomic mass is 10.1. The highest BCUT2D eigenvalue weighted by Gasteiger charge is 2.40. The molecule has 1 aliphatic rings. The molecule has 1 aliphatic carbocycles. The van der Waals surface area contributed by atoms with Gasteiger partial charge in [-0.1, -0.05) is 24.4 Å². The zero-order valence-electron chi connectivity index (χ0n) is 13.3. The monoisotopic (exact) mass is 371 g/mol. The Balaban J connectivity index is 1.88. The van der Waals surface area contributed by atoms with Gasteiger partial charge in [0, 0.05) is 11.6 Å². The Kier molecular flexibility index (Phi) is 5.03. The fraction of sp³-hybridized carbons (Fsp3) is 0.412. The summed E-state index contributed by atoms with van der Waals surface area (Å²) in [5.74, 6) is -0.413. The Morgan fingerprint density at radius 2 is 1.88 bits per heavy atom. The average molecular weight is 372 g/mol. The molecule has 1 saturated carbocycles. The van der Waals surface area contributed by atoms with E-state index in [1.54, 1.807) is 0 Å². The molecule has 2 aromatic rings. The number of nitrogens with one attached hydrogen (secondary N) is 1. The van der Waals surface area contributed by atoms with E-state index in [0.717, 1.165) is 36.6 Å². The summed E-state index contributed by atoms with van der Waals surface area (Å²) in [6.45, 7) is 0.391. The summed E-state index contributed by atoms with van der Waals surface area (Å²) in [5.41, 5.74) is -1.37. The van der Waals surface area contributed by atoms with E-state index in [-0.39, 0.29) is 5.69 Å².